The number of fused-ring (bicyclic) bond motifs is 1. The molecule has 2 aliphatic rings. The fourth-order valence-electron chi connectivity index (χ4n) is 3.58. The second kappa shape index (κ2) is 6.85. The molecule has 3 unspecified atom stereocenters. The number of phenolic OH excluding ortho intramolecular Hbond substituents is 1. The van der Waals surface area contributed by atoms with Gasteiger partial charge in [0.2, 0.25) is 0 Å². The van der Waals surface area contributed by atoms with E-state index in [0.717, 1.165) is 0 Å². The molecule has 1 aromatic rings. The highest BCUT2D eigenvalue weighted by Crippen LogP contribution is 2.59. The van der Waals surface area contributed by atoms with E-state index in [-0.39, 0.29) is 17.9 Å². The summed E-state index contributed by atoms with van der Waals surface area (Å²) in [5.74, 6) is -2.23. The predicted molar refractivity (Wildman–Crippen MR) is 106 cm³/mol. The number of aromatic hydroxyl groups is 1. The molecule has 0 heterocycles. The lowest BCUT2D eigenvalue weighted by atomic mass is 9.62. The third-order valence-electron chi connectivity index (χ3n) is 4.98. The number of rotatable bonds is 3. The zero-order chi connectivity index (χ0) is 20.1. The van der Waals surface area contributed by atoms with Gasteiger partial charge in [0.1, 0.15) is 19.8 Å². The summed E-state index contributed by atoms with van der Waals surface area (Å²) in [6, 6.07) is 4.49. The van der Waals surface area contributed by atoms with E-state index in [1.54, 1.807) is 12.1 Å². The standard InChI is InChI=1S/C19H14Cl4O4/c1-3-9-6-7-18(22)16(25)14(20)15(21)17(26)19(18,23)13(9)10-4-5-11(24)12(8-10)27-2/h3-6,8,13,24H,1,7H2,2H3. The molecule has 0 fully saturated rings. The first-order valence-electron chi connectivity index (χ1n) is 7.85. The Bertz CT molecular complexity index is 936. The molecular formula is C19H14Cl4O4. The number of benzene rings is 1. The summed E-state index contributed by atoms with van der Waals surface area (Å²) < 4.78 is 5.15. The molecule has 3 atom stereocenters. The van der Waals surface area contributed by atoms with E-state index < -0.39 is 37.3 Å². The Balaban J connectivity index is 2.33. The molecule has 0 saturated carbocycles. The SMILES string of the molecule is C=CC1=CCC2(Cl)C(=O)C(Cl)=C(Cl)C(=O)C2(Cl)C1c1ccc(O)c(OC)c1. The summed E-state index contributed by atoms with van der Waals surface area (Å²) in [6.07, 6.45) is 3.21. The van der Waals surface area contributed by atoms with Crippen molar-refractivity contribution in [1.29, 1.82) is 0 Å². The molecule has 0 aliphatic heterocycles. The van der Waals surface area contributed by atoms with Crippen molar-refractivity contribution in [1.82, 2.24) is 0 Å². The van der Waals surface area contributed by atoms with Crippen LogP contribution in [0.2, 0.25) is 0 Å². The summed E-state index contributed by atoms with van der Waals surface area (Å²) in [5.41, 5.74) is 1.09. The van der Waals surface area contributed by atoms with Gasteiger partial charge in [-0.2, -0.15) is 0 Å². The van der Waals surface area contributed by atoms with Gasteiger partial charge in [0.25, 0.3) is 0 Å². The van der Waals surface area contributed by atoms with Crippen LogP contribution in [0.5, 0.6) is 11.5 Å². The van der Waals surface area contributed by atoms with Crippen molar-refractivity contribution in [2.75, 3.05) is 7.11 Å². The van der Waals surface area contributed by atoms with Gasteiger partial charge in [0, 0.05) is 5.92 Å². The van der Waals surface area contributed by atoms with E-state index in [2.05, 4.69) is 6.58 Å². The molecule has 0 spiro atoms. The second-order valence-corrected chi connectivity index (χ2v) is 8.27. The van der Waals surface area contributed by atoms with Crippen LogP contribution in [0, 0.1) is 0 Å². The van der Waals surface area contributed by atoms with Gasteiger partial charge in [0.05, 0.1) is 7.11 Å². The largest absolute Gasteiger partial charge is 0.504 e. The lowest BCUT2D eigenvalue weighted by Gasteiger charge is -2.50. The quantitative estimate of drug-likeness (QED) is 0.676. The molecule has 0 saturated heterocycles. The van der Waals surface area contributed by atoms with E-state index >= 15 is 0 Å². The molecular weight excluding hydrogens is 434 g/mol. The van der Waals surface area contributed by atoms with Crippen LogP contribution in [-0.4, -0.2) is 33.5 Å². The maximum atomic E-state index is 13.1. The number of hydrogen-bond donors (Lipinski definition) is 1. The number of alkyl halides is 2. The van der Waals surface area contributed by atoms with E-state index in [1.165, 1.54) is 25.3 Å². The van der Waals surface area contributed by atoms with Crippen LogP contribution in [0.15, 0.2) is 52.6 Å². The van der Waals surface area contributed by atoms with E-state index in [9.17, 15) is 14.7 Å². The Morgan fingerprint density at radius 3 is 2.44 bits per heavy atom. The fourth-order valence-corrected chi connectivity index (χ4v) is 5.04. The second-order valence-electron chi connectivity index (χ2n) is 6.28. The number of methoxy groups -OCH3 is 1. The van der Waals surface area contributed by atoms with Crippen molar-refractivity contribution >= 4 is 58.0 Å². The maximum Gasteiger partial charge on any atom is 0.199 e. The van der Waals surface area contributed by atoms with Gasteiger partial charge in [0.15, 0.2) is 23.1 Å². The molecule has 0 bridgehead atoms. The smallest absolute Gasteiger partial charge is 0.199 e. The van der Waals surface area contributed by atoms with Gasteiger partial charge in [-0.1, -0.05) is 48.0 Å². The predicted octanol–water partition coefficient (Wildman–Crippen LogP) is 4.80. The minimum Gasteiger partial charge on any atom is -0.504 e. The van der Waals surface area contributed by atoms with E-state index in [1.807, 2.05) is 0 Å². The average molecular weight is 448 g/mol. The molecule has 0 amide bonds. The lowest BCUT2D eigenvalue weighted by Crippen LogP contribution is -2.64. The molecule has 27 heavy (non-hydrogen) atoms. The zero-order valence-electron chi connectivity index (χ0n) is 14.1. The van der Waals surface area contributed by atoms with Crippen molar-refractivity contribution in [3.8, 4) is 11.5 Å². The van der Waals surface area contributed by atoms with Crippen LogP contribution in [0.25, 0.3) is 0 Å². The van der Waals surface area contributed by atoms with Crippen LogP contribution in [-0.2, 0) is 9.59 Å². The van der Waals surface area contributed by atoms with Gasteiger partial charge in [-0.15, -0.1) is 23.2 Å². The molecule has 3 rings (SSSR count). The Morgan fingerprint density at radius 2 is 1.85 bits per heavy atom. The number of ketones is 2. The maximum absolute atomic E-state index is 13.1. The van der Waals surface area contributed by atoms with E-state index in [0.29, 0.717) is 11.1 Å². The molecule has 1 aromatic carbocycles. The summed E-state index contributed by atoms with van der Waals surface area (Å²) in [5, 5.41) is 9.01. The monoisotopic (exact) mass is 446 g/mol. The number of carbonyl (C=O) groups is 2. The first-order chi connectivity index (χ1) is 12.6. The van der Waals surface area contributed by atoms with E-state index in [4.69, 9.17) is 51.1 Å². The van der Waals surface area contributed by atoms with Crippen molar-refractivity contribution < 1.29 is 19.4 Å². The van der Waals surface area contributed by atoms with Gasteiger partial charge in [-0.25, -0.2) is 0 Å². The molecule has 1 N–H and O–H groups in total. The number of phenols is 1. The number of ether oxygens (including phenoxy) is 1. The normalized spacial score (nSPS) is 30.7. The first kappa shape index (κ1) is 20.3. The topological polar surface area (TPSA) is 63.6 Å². The van der Waals surface area contributed by atoms with Crippen LogP contribution in [0.4, 0.5) is 0 Å². The molecule has 0 radical (unpaired) electrons. The summed E-state index contributed by atoms with van der Waals surface area (Å²) >= 11 is 25.5. The van der Waals surface area contributed by atoms with Gasteiger partial charge in [-0.3, -0.25) is 9.59 Å². The van der Waals surface area contributed by atoms with Crippen molar-refractivity contribution in [2.45, 2.75) is 22.1 Å². The molecule has 4 nitrogen and oxygen atoms in total. The minimum absolute atomic E-state index is 0.0178. The number of halogens is 4. The van der Waals surface area contributed by atoms with Crippen molar-refractivity contribution in [2.24, 2.45) is 0 Å². The fraction of sp³-hybridized carbons (Fsp3) is 0.263. The van der Waals surface area contributed by atoms with Crippen LogP contribution in [0.1, 0.15) is 17.9 Å². The third-order valence-corrected chi connectivity index (χ3v) is 7.23. The zero-order valence-corrected chi connectivity index (χ0v) is 17.1. The van der Waals surface area contributed by atoms with Gasteiger partial charge >= 0.3 is 0 Å². The summed E-state index contributed by atoms with van der Waals surface area (Å²) in [6.45, 7) is 3.77. The summed E-state index contributed by atoms with van der Waals surface area (Å²) in [7, 11) is 1.39. The molecule has 0 aromatic heterocycles. The Kier molecular flexibility index (Phi) is 5.15. The Morgan fingerprint density at radius 1 is 1.22 bits per heavy atom. The van der Waals surface area contributed by atoms with Gasteiger partial charge < -0.3 is 9.84 Å². The molecule has 2 aliphatic carbocycles. The highest BCUT2D eigenvalue weighted by Gasteiger charge is 2.68. The number of carbonyl (C=O) groups excluding carboxylic acids is 2. The van der Waals surface area contributed by atoms with Crippen molar-refractivity contribution in [3.63, 3.8) is 0 Å². The Labute approximate surface area is 176 Å². The highest BCUT2D eigenvalue weighted by molar-refractivity contribution is 6.66. The van der Waals surface area contributed by atoms with Crippen LogP contribution in [0.3, 0.4) is 0 Å². The number of allylic oxidation sites excluding steroid dienone is 5. The van der Waals surface area contributed by atoms with Crippen molar-refractivity contribution in [3.05, 3.63) is 58.1 Å². The third kappa shape index (κ3) is 2.65. The Hall–Kier alpha value is -1.46. The lowest BCUT2D eigenvalue weighted by molar-refractivity contribution is -0.127. The number of hydrogen-bond acceptors (Lipinski definition) is 4. The van der Waals surface area contributed by atoms with Crippen LogP contribution < -0.4 is 4.74 Å². The average Bonchev–Trinajstić information content (AvgIpc) is 2.67. The molecule has 142 valence electrons. The first-order valence-corrected chi connectivity index (χ1v) is 9.36. The minimum atomic E-state index is -1.93. The summed E-state index contributed by atoms with van der Waals surface area (Å²) in [4.78, 5) is 22.2. The van der Waals surface area contributed by atoms with Crippen LogP contribution >= 0.6 is 46.4 Å². The highest BCUT2D eigenvalue weighted by atomic mass is 35.5. The number of Topliss-reactive ketones (excluding diaryl/α,β-unsaturated/α-hetero) is 2. The molecule has 8 heteroatoms. The van der Waals surface area contributed by atoms with Gasteiger partial charge in [-0.05, 0) is 29.7 Å².